The zero-order valence-corrected chi connectivity index (χ0v) is 7.73. The van der Waals surface area contributed by atoms with Crippen LogP contribution < -0.4 is 5.90 Å². The molecule has 0 aliphatic carbocycles. The average molecular weight is 181 g/mol. The molecule has 3 N–H and O–H groups in total. The van der Waals surface area contributed by atoms with Gasteiger partial charge in [-0.3, -0.25) is 0 Å². The molecule has 13 heavy (non-hydrogen) atoms. The van der Waals surface area contributed by atoms with E-state index >= 15 is 0 Å². The molecule has 0 aliphatic rings. The summed E-state index contributed by atoms with van der Waals surface area (Å²) in [4.78, 5) is 4.53. The normalized spacial score (nSPS) is 12.8. The molecular weight excluding hydrogens is 166 g/mol. The van der Waals surface area contributed by atoms with E-state index in [4.69, 9.17) is 11.0 Å². The zero-order valence-electron chi connectivity index (χ0n) is 7.73. The third kappa shape index (κ3) is 2.81. The number of nitrogens with two attached hydrogens (primary N) is 1. The fourth-order valence-electron chi connectivity index (χ4n) is 1.29. The number of aryl methyl sites for hydroxylation is 1. The Kier molecular flexibility index (Phi) is 3.89. The van der Waals surface area contributed by atoms with Crippen molar-refractivity contribution < 1.29 is 9.94 Å². The molecule has 0 heterocycles. The van der Waals surface area contributed by atoms with E-state index in [0.717, 1.165) is 5.56 Å². The van der Waals surface area contributed by atoms with Gasteiger partial charge in [0.25, 0.3) is 0 Å². The molecule has 0 saturated heterocycles. The summed E-state index contributed by atoms with van der Waals surface area (Å²) in [5, 5.41) is 9.07. The Morgan fingerprint density at radius 2 is 2.31 bits per heavy atom. The van der Waals surface area contributed by atoms with Crippen LogP contribution in [-0.2, 0) is 4.84 Å². The number of aliphatic hydroxyl groups excluding tert-OH is 1. The molecule has 0 aromatic heterocycles. The zero-order chi connectivity index (χ0) is 9.68. The molecular formula is C10H15NO2. The highest BCUT2D eigenvalue weighted by molar-refractivity contribution is 5.25. The summed E-state index contributed by atoms with van der Waals surface area (Å²) >= 11 is 0. The van der Waals surface area contributed by atoms with Crippen molar-refractivity contribution in [3.8, 4) is 0 Å². The van der Waals surface area contributed by atoms with E-state index in [1.807, 2.05) is 31.2 Å². The summed E-state index contributed by atoms with van der Waals surface area (Å²) in [5.41, 5.74) is 2.24. The number of aliphatic hydroxyl groups is 1. The van der Waals surface area contributed by atoms with E-state index in [1.54, 1.807) is 0 Å². The summed E-state index contributed by atoms with van der Waals surface area (Å²) in [6.07, 6.45) is 0. The Balaban J connectivity index is 2.78. The first kappa shape index (κ1) is 10.2. The topological polar surface area (TPSA) is 55.5 Å². The lowest BCUT2D eigenvalue weighted by atomic mass is 9.99. The minimum atomic E-state index is -0.0232. The van der Waals surface area contributed by atoms with Crippen molar-refractivity contribution >= 4 is 0 Å². The van der Waals surface area contributed by atoms with Crippen LogP contribution in [0, 0.1) is 6.92 Å². The SMILES string of the molecule is Cc1cccc(C(CO)CON)c1. The fraction of sp³-hybridized carbons (Fsp3) is 0.400. The first-order chi connectivity index (χ1) is 6.27. The minimum Gasteiger partial charge on any atom is -0.396 e. The van der Waals surface area contributed by atoms with Gasteiger partial charge in [-0.15, -0.1) is 0 Å². The predicted octanol–water partition coefficient (Wildman–Crippen LogP) is 0.961. The van der Waals surface area contributed by atoms with Gasteiger partial charge in [0.1, 0.15) is 0 Å². The first-order valence-corrected chi connectivity index (χ1v) is 4.27. The second-order valence-electron chi connectivity index (χ2n) is 3.13. The number of hydrogen-bond donors (Lipinski definition) is 2. The van der Waals surface area contributed by atoms with Crippen molar-refractivity contribution in [2.75, 3.05) is 13.2 Å². The van der Waals surface area contributed by atoms with Crippen LogP contribution in [0.5, 0.6) is 0 Å². The van der Waals surface area contributed by atoms with Crippen molar-refractivity contribution in [1.29, 1.82) is 0 Å². The fourth-order valence-corrected chi connectivity index (χ4v) is 1.29. The summed E-state index contributed by atoms with van der Waals surface area (Å²) in [6.45, 7) is 2.42. The van der Waals surface area contributed by atoms with Gasteiger partial charge in [-0.05, 0) is 12.5 Å². The van der Waals surface area contributed by atoms with Crippen LogP contribution in [0.3, 0.4) is 0 Å². The quantitative estimate of drug-likeness (QED) is 0.680. The largest absolute Gasteiger partial charge is 0.396 e. The molecule has 0 spiro atoms. The van der Waals surface area contributed by atoms with E-state index in [0.29, 0.717) is 6.61 Å². The maximum atomic E-state index is 9.07. The van der Waals surface area contributed by atoms with E-state index in [2.05, 4.69) is 4.84 Å². The molecule has 0 radical (unpaired) electrons. The van der Waals surface area contributed by atoms with E-state index in [-0.39, 0.29) is 12.5 Å². The molecule has 0 saturated carbocycles. The van der Waals surface area contributed by atoms with Gasteiger partial charge in [-0.2, -0.15) is 0 Å². The van der Waals surface area contributed by atoms with Crippen molar-refractivity contribution in [1.82, 2.24) is 0 Å². The number of hydrogen-bond acceptors (Lipinski definition) is 3. The van der Waals surface area contributed by atoms with Crippen LogP contribution in [0.25, 0.3) is 0 Å². The lowest BCUT2D eigenvalue weighted by Gasteiger charge is -2.13. The monoisotopic (exact) mass is 181 g/mol. The molecule has 0 aliphatic heterocycles. The molecule has 1 atom stereocenters. The van der Waals surface area contributed by atoms with Crippen LogP contribution in [0.1, 0.15) is 17.0 Å². The summed E-state index contributed by atoms with van der Waals surface area (Å²) < 4.78 is 0. The average Bonchev–Trinajstić information content (AvgIpc) is 2.14. The lowest BCUT2D eigenvalue weighted by Crippen LogP contribution is -2.14. The van der Waals surface area contributed by atoms with Gasteiger partial charge in [0.05, 0.1) is 13.2 Å². The Morgan fingerprint density at radius 3 is 2.85 bits per heavy atom. The van der Waals surface area contributed by atoms with Gasteiger partial charge in [0.15, 0.2) is 0 Å². The third-order valence-corrected chi connectivity index (χ3v) is 2.03. The second-order valence-corrected chi connectivity index (χ2v) is 3.13. The molecule has 72 valence electrons. The van der Waals surface area contributed by atoms with Crippen LogP contribution in [0.2, 0.25) is 0 Å². The molecule has 0 bridgehead atoms. The van der Waals surface area contributed by atoms with Gasteiger partial charge in [0, 0.05) is 5.92 Å². The molecule has 1 aromatic carbocycles. The Labute approximate surface area is 78.1 Å². The van der Waals surface area contributed by atoms with E-state index < -0.39 is 0 Å². The smallest absolute Gasteiger partial charge is 0.0769 e. The van der Waals surface area contributed by atoms with Gasteiger partial charge >= 0.3 is 0 Å². The Hall–Kier alpha value is -0.900. The number of rotatable bonds is 4. The number of benzene rings is 1. The maximum absolute atomic E-state index is 9.07. The summed E-state index contributed by atoms with van der Waals surface area (Å²) in [5.74, 6) is 4.95. The predicted molar refractivity (Wildman–Crippen MR) is 51.1 cm³/mol. The molecule has 1 rings (SSSR count). The van der Waals surface area contributed by atoms with E-state index in [9.17, 15) is 0 Å². The molecule has 0 amide bonds. The Morgan fingerprint density at radius 1 is 1.54 bits per heavy atom. The van der Waals surface area contributed by atoms with Crippen LogP contribution in [-0.4, -0.2) is 18.3 Å². The standard InChI is InChI=1S/C10H15NO2/c1-8-3-2-4-9(5-8)10(6-12)7-13-11/h2-5,10,12H,6-7,11H2,1H3. The minimum absolute atomic E-state index is 0.0232. The lowest BCUT2D eigenvalue weighted by molar-refractivity contribution is 0.101. The highest BCUT2D eigenvalue weighted by atomic mass is 16.6. The van der Waals surface area contributed by atoms with E-state index in [1.165, 1.54) is 5.56 Å². The molecule has 1 aromatic rings. The highest BCUT2D eigenvalue weighted by Gasteiger charge is 2.09. The van der Waals surface area contributed by atoms with Crippen molar-refractivity contribution in [2.45, 2.75) is 12.8 Å². The van der Waals surface area contributed by atoms with Crippen LogP contribution >= 0.6 is 0 Å². The van der Waals surface area contributed by atoms with Crippen LogP contribution in [0.4, 0.5) is 0 Å². The first-order valence-electron chi connectivity index (χ1n) is 4.27. The van der Waals surface area contributed by atoms with Crippen molar-refractivity contribution in [3.63, 3.8) is 0 Å². The molecule has 0 fully saturated rings. The summed E-state index contributed by atoms with van der Waals surface area (Å²) in [6, 6.07) is 7.97. The summed E-state index contributed by atoms with van der Waals surface area (Å²) in [7, 11) is 0. The van der Waals surface area contributed by atoms with Gasteiger partial charge in [-0.25, -0.2) is 5.90 Å². The van der Waals surface area contributed by atoms with Crippen molar-refractivity contribution in [3.05, 3.63) is 35.4 Å². The molecule has 3 heteroatoms. The van der Waals surface area contributed by atoms with Gasteiger partial charge in [-0.1, -0.05) is 29.8 Å². The second kappa shape index (κ2) is 4.97. The third-order valence-electron chi connectivity index (χ3n) is 2.03. The van der Waals surface area contributed by atoms with Crippen LogP contribution in [0.15, 0.2) is 24.3 Å². The van der Waals surface area contributed by atoms with Gasteiger partial charge in [0.2, 0.25) is 0 Å². The maximum Gasteiger partial charge on any atom is 0.0769 e. The van der Waals surface area contributed by atoms with Crippen molar-refractivity contribution in [2.24, 2.45) is 5.90 Å². The highest BCUT2D eigenvalue weighted by Crippen LogP contribution is 2.16. The van der Waals surface area contributed by atoms with Gasteiger partial charge < -0.3 is 9.94 Å². The molecule has 1 unspecified atom stereocenters. The molecule has 3 nitrogen and oxygen atoms in total. The Bertz CT molecular complexity index is 263.